The molecule has 7 heteroatoms. The van der Waals surface area contributed by atoms with Crippen LogP contribution in [0.2, 0.25) is 0 Å². The average molecular weight is 199 g/mol. The van der Waals surface area contributed by atoms with Crippen molar-refractivity contribution in [1.82, 2.24) is 20.2 Å². The highest BCUT2D eigenvalue weighted by Crippen LogP contribution is 2.02. The van der Waals surface area contributed by atoms with Gasteiger partial charge in [-0.25, -0.2) is 0 Å². The number of rotatable bonds is 6. The third-order valence-corrected chi connectivity index (χ3v) is 1.82. The molecule has 14 heavy (non-hydrogen) atoms. The fourth-order valence-electron chi connectivity index (χ4n) is 1.08. The lowest BCUT2D eigenvalue weighted by Crippen LogP contribution is -2.02. The van der Waals surface area contributed by atoms with Gasteiger partial charge in [0.05, 0.1) is 16.7 Å². The van der Waals surface area contributed by atoms with Gasteiger partial charge in [-0.2, -0.15) is 0 Å². The summed E-state index contributed by atoms with van der Waals surface area (Å²) >= 11 is 0. The van der Waals surface area contributed by atoms with E-state index in [9.17, 15) is 10.1 Å². The third kappa shape index (κ3) is 3.08. The highest BCUT2D eigenvalue weighted by Gasteiger charge is 2.14. The predicted molar refractivity (Wildman–Crippen MR) is 48.6 cm³/mol. The Kier molecular flexibility index (Phi) is 3.96. The molecule has 0 radical (unpaired) electrons. The summed E-state index contributed by atoms with van der Waals surface area (Å²) in [5.74, 6) is -0.430. The van der Waals surface area contributed by atoms with Gasteiger partial charge in [0.15, 0.2) is 0 Å². The Hall–Kier alpha value is -1.53. The lowest BCUT2D eigenvalue weighted by atomic mass is 10.2. The van der Waals surface area contributed by atoms with Crippen LogP contribution in [0.1, 0.15) is 32.6 Å². The van der Waals surface area contributed by atoms with Crippen LogP contribution in [0.25, 0.3) is 0 Å². The molecule has 1 aromatic rings. The average Bonchev–Trinajstić information content (AvgIpc) is 2.61. The number of unbranched alkanes of at least 4 members (excludes halogenated alkanes) is 3. The first-order chi connectivity index (χ1) is 6.74. The molecule has 0 saturated heterocycles. The van der Waals surface area contributed by atoms with E-state index in [1.807, 2.05) is 0 Å². The second-order valence-corrected chi connectivity index (χ2v) is 3.00. The van der Waals surface area contributed by atoms with Crippen LogP contribution in [-0.4, -0.2) is 25.1 Å². The van der Waals surface area contributed by atoms with Crippen LogP contribution in [0.4, 0.5) is 5.95 Å². The highest BCUT2D eigenvalue weighted by atomic mass is 16.6. The fraction of sp³-hybridized carbons (Fsp3) is 0.857. The highest BCUT2D eigenvalue weighted by molar-refractivity contribution is 4.92. The van der Waals surface area contributed by atoms with Crippen LogP contribution in [0.15, 0.2) is 0 Å². The van der Waals surface area contributed by atoms with Crippen molar-refractivity contribution in [2.75, 3.05) is 0 Å². The van der Waals surface area contributed by atoms with Crippen LogP contribution in [-0.2, 0) is 6.54 Å². The molecular formula is C7H13N5O2. The van der Waals surface area contributed by atoms with Crippen molar-refractivity contribution in [3.63, 3.8) is 0 Å². The van der Waals surface area contributed by atoms with Crippen LogP contribution in [0, 0.1) is 10.1 Å². The molecular weight excluding hydrogens is 186 g/mol. The standard InChI is InChI=1S/C7H13N5O2/c1-2-3-4-5-6-11-9-7(8-10-11)12(13)14/h2-6H2,1H3. The van der Waals surface area contributed by atoms with E-state index >= 15 is 0 Å². The van der Waals surface area contributed by atoms with Gasteiger partial charge < -0.3 is 10.1 Å². The van der Waals surface area contributed by atoms with Crippen LogP contribution < -0.4 is 0 Å². The minimum Gasteiger partial charge on any atom is -0.390 e. The van der Waals surface area contributed by atoms with E-state index in [2.05, 4.69) is 22.3 Å². The zero-order valence-corrected chi connectivity index (χ0v) is 8.09. The molecule has 1 heterocycles. The van der Waals surface area contributed by atoms with Crippen LogP contribution in [0.5, 0.6) is 0 Å². The molecule has 0 aliphatic rings. The Labute approximate surface area is 81.3 Å². The zero-order chi connectivity index (χ0) is 10.4. The number of hydrogen-bond donors (Lipinski definition) is 0. The van der Waals surface area contributed by atoms with Crippen LogP contribution in [0.3, 0.4) is 0 Å². The first kappa shape index (κ1) is 10.6. The zero-order valence-electron chi connectivity index (χ0n) is 8.09. The molecule has 0 amide bonds. The lowest BCUT2D eigenvalue weighted by molar-refractivity contribution is -0.394. The largest absolute Gasteiger partial charge is 0.514 e. The van der Waals surface area contributed by atoms with Crippen molar-refractivity contribution >= 4 is 5.95 Å². The molecule has 0 saturated carbocycles. The Balaban J connectivity index is 2.33. The summed E-state index contributed by atoms with van der Waals surface area (Å²) in [4.78, 5) is 10.8. The van der Waals surface area contributed by atoms with Crippen molar-refractivity contribution in [3.8, 4) is 0 Å². The van der Waals surface area contributed by atoms with Crippen molar-refractivity contribution in [2.24, 2.45) is 0 Å². The molecule has 0 N–H and O–H groups in total. The van der Waals surface area contributed by atoms with Crippen molar-refractivity contribution < 1.29 is 4.92 Å². The van der Waals surface area contributed by atoms with Crippen molar-refractivity contribution in [2.45, 2.75) is 39.2 Å². The molecule has 0 fully saturated rings. The van der Waals surface area contributed by atoms with Crippen molar-refractivity contribution in [3.05, 3.63) is 10.1 Å². The third-order valence-electron chi connectivity index (χ3n) is 1.82. The van der Waals surface area contributed by atoms with Gasteiger partial charge in [0.25, 0.3) is 0 Å². The van der Waals surface area contributed by atoms with Gasteiger partial charge in [-0.3, -0.25) is 0 Å². The van der Waals surface area contributed by atoms with Gasteiger partial charge in [-0.05, 0) is 11.3 Å². The number of nitro groups is 1. The summed E-state index contributed by atoms with van der Waals surface area (Å²) in [7, 11) is 0. The van der Waals surface area contributed by atoms with Gasteiger partial charge in [-0.15, -0.1) is 0 Å². The maximum absolute atomic E-state index is 10.2. The maximum atomic E-state index is 10.2. The van der Waals surface area contributed by atoms with Gasteiger partial charge in [0.2, 0.25) is 0 Å². The van der Waals surface area contributed by atoms with Crippen molar-refractivity contribution in [1.29, 1.82) is 0 Å². The summed E-state index contributed by atoms with van der Waals surface area (Å²) in [5.41, 5.74) is 0. The molecule has 1 aromatic heterocycles. The summed E-state index contributed by atoms with van der Waals surface area (Å²) in [6.07, 6.45) is 4.34. The maximum Gasteiger partial charge on any atom is 0.514 e. The Morgan fingerprint density at radius 1 is 1.43 bits per heavy atom. The van der Waals surface area contributed by atoms with E-state index in [0.29, 0.717) is 6.54 Å². The summed E-state index contributed by atoms with van der Waals surface area (Å²) in [6, 6.07) is 0. The molecule has 0 unspecified atom stereocenters. The Morgan fingerprint density at radius 3 is 2.79 bits per heavy atom. The lowest BCUT2D eigenvalue weighted by Gasteiger charge is -1.94. The normalized spacial score (nSPS) is 10.4. The summed E-state index contributed by atoms with van der Waals surface area (Å²) in [6.45, 7) is 2.72. The number of hydrogen-bond acceptors (Lipinski definition) is 5. The summed E-state index contributed by atoms with van der Waals surface area (Å²) in [5, 5.41) is 20.7. The van der Waals surface area contributed by atoms with Gasteiger partial charge >= 0.3 is 5.95 Å². The first-order valence-electron chi connectivity index (χ1n) is 4.66. The van der Waals surface area contributed by atoms with E-state index in [1.165, 1.54) is 4.80 Å². The molecule has 0 aliphatic carbocycles. The van der Waals surface area contributed by atoms with Gasteiger partial charge in [-0.1, -0.05) is 31.0 Å². The molecule has 0 spiro atoms. The second-order valence-electron chi connectivity index (χ2n) is 3.00. The summed E-state index contributed by atoms with van der Waals surface area (Å²) < 4.78 is 0. The Bertz CT molecular complexity index is 298. The number of tetrazole rings is 1. The molecule has 7 nitrogen and oxygen atoms in total. The fourth-order valence-corrected chi connectivity index (χ4v) is 1.08. The predicted octanol–water partition coefficient (Wildman–Crippen LogP) is 1.16. The minimum absolute atomic E-state index is 0.430. The van der Waals surface area contributed by atoms with Crippen LogP contribution >= 0.6 is 0 Å². The number of nitrogens with zero attached hydrogens (tertiary/aromatic N) is 5. The van der Waals surface area contributed by atoms with E-state index in [4.69, 9.17) is 0 Å². The quantitative estimate of drug-likeness (QED) is 0.389. The van der Waals surface area contributed by atoms with E-state index in [1.54, 1.807) is 0 Å². The minimum atomic E-state index is -0.643. The smallest absolute Gasteiger partial charge is 0.390 e. The molecule has 0 bridgehead atoms. The second kappa shape index (κ2) is 5.25. The molecule has 78 valence electrons. The first-order valence-corrected chi connectivity index (χ1v) is 4.66. The van der Waals surface area contributed by atoms with Gasteiger partial charge in [0, 0.05) is 5.21 Å². The number of aryl methyl sites for hydroxylation is 1. The monoisotopic (exact) mass is 199 g/mol. The number of aromatic nitrogens is 4. The van der Waals surface area contributed by atoms with E-state index in [0.717, 1.165) is 25.7 Å². The molecule has 1 rings (SSSR count). The molecule has 0 atom stereocenters. The SMILES string of the molecule is CCCCCCn1nnc([N+](=O)[O-])n1. The van der Waals surface area contributed by atoms with E-state index in [-0.39, 0.29) is 0 Å². The molecule has 0 aliphatic heterocycles. The topological polar surface area (TPSA) is 86.7 Å². The van der Waals surface area contributed by atoms with Gasteiger partial charge in [0.1, 0.15) is 0 Å². The molecule has 0 aromatic carbocycles. The Morgan fingerprint density at radius 2 is 2.21 bits per heavy atom. The van der Waals surface area contributed by atoms with E-state index < -0.39 is 10.9 Å².